The summed E-state index contributed by atoms with van der Waals surface area (Å²) in [6, 6.07) is 10.3. The van der Waals surface area contributed by atoms with E-state index in [1.54, 1.807) is 0 Å². The van der Waals surface area contributed by atoms with Gasteiger partial charge in [-0.3, -0.25) is 14.7 Å². The van der Waals surface area contributed by atoms with Crippen LogP contribution in [0.25, 0.3) is 10.9 Å². The van der Waals surface area contributed by atoms with Gasteiger partial charge in [-0.2, -0.15) is 0 Å². The zero-order chi connectivity index (χ0) is 15.0. The molecule has 1 fully saturated rings. The first-order chi connectivity index (χ1) is 9.99. The molecule has 0 radical (unpaired) electrons. The van der Waals surface area contributed by atoms with Crippen molar-refractivity contribution in [3.63, 3.8) is 0 Å². The van der Waals surface area contributed by atoms with Crippen LogP contribution in [-0.4, -0.2) is 33.0 Å². The molecule has 1 unspecified atom stereocenters. The summed E-state index contributed by atoms with van der Waals surface area (Å²) >= 11 is 0. The summed E-state index contributed by atoms with van der Waals surface area (Å²) in [6.45, 7) is 5.32. The predicted octanol–water partition coefficient (Wildman–Crippen LogP) is 2.98. The van der Waals surface area contributed by atoms with Gasteiger partial charge in [0.05, 0.1) is 5.52 Å². The molecule has 1 aromatic heterocycles. The summed E-state index contributed by atoms with van der Waals surface area (Å²) in [5.41, 5.74) is 2.40. The summed E-state index contributed by atoms with van der Waals surface area (Å²) in [4.78, 5) is 18.1. The van der Waals surface area contributed by atoms with Gasteiger partial charge >= 0.3 is 5.97 Å². The fraction of sp³-hybridized carbons (Fsp3) is 0.412. The topological polar surface area (TPSA) is 53.4 Å². The van der Waals surface area contributed by atoms with Crippen LogP contribution >= 0.6 is 0 Å². The molecule has 1 aliphatic rings. The second-order valence-electron chi connectivity index (χ2n) is 6.08. The molecule has 2 aromatic rings. The summed E-state index contributed by atoms with van der Waals surface area (Å²) in [5, 5.41) is 10.6. The molecule has 4 heteroatoms. The minimum atomic E-state index is -0.736. The Morgan fingerprint density at radius 3 is 2.95 bits per heavy atom. The van der Waals surface area contributed by atoms with Gasteiger partial charge in [-0.25, -0.2) is 0 Å². The summed E-state index contributed by atoms with van der Waals surface area (Å²) in [6.07, 6.45) is 1.66. The van der Waals surface area contributed by atoms with Gasteiger partial charge in [0.1, 0.15) is 5.54 Å². The number of fused-ring (bicyclic) bond motifs is 1. The van der Waals surface area contributed by atoms with Crippen LogP contribution in [0.4, 0.5) is 0 Å². The number of nitrogens with zero attached hydrogens (tertiary/aromatic N) is 2. The fourth-order valence-corrected chi connectivity index (χ4v) is 3.11. The van der Waals surface area contributed by atoms with Gasteiger partial charge in [-0.15, -0.1) is 0 Å². The number of pyridine rings is 1. The number of aromatic nitrogens is 1. The second-order valence-corrected chi connectivity index (χ2v) is 6.08. The molecule has 0 amide bonds. The Bertz CT molecular complexity index is 698. The van der Waals surface area contributed by atoms with Crippen molar-refractivity contribution in [3.05, 3.63) is 41.6 Å². The Morgan fingerprint density at radius 2 is 2.19 bits per heavy atom. The van der Waals surface area contributed by atoms with E-state index in [-0.39, 0.29) is 0 Å². The molecule has 110 valence electrons. The van der Waals surface area contributed by atoms with Crippen LogP contribution in [-0.2, 0) is 11.3 Å². The molecule has 21 heavy (non-hydrogen) atoms. The molecular weight excluding hydrogens is 264 g/mol. The minimum absolute atomic E-state index is 0.673. The van der Waals surface area contributed by atoms with E-state index >= 15 is 0 Å². The van der Waals surface area contributed by atoms with Gasteiger partial charge < -0.3 is 5.11 Å². The molecule has 1 saturated heterocycles. The number of benzene rings is 1. The fourth-order valence-electron chi connectivity index (χ4n) is 3.11. The van der Waals surface area contributed by atoms with Crippen molar-refractivity contribution < 1.29 is 9.90 Å². The third-order valence-corrected chi connectivity index (χ3v) is 4.52. The molecule has 0 saturated carbocycles. The second kappa shape index (κ2) is 5.11. The Balaban J connectivity index is 1.88. The lowest BCUT2D eigenvalue weighted by Crippen LogP contribution is -2.47. The zero-order valence-electron chi connectivity index (χ0n) is 12.5. The van der Waals surface area contributed by atoms with Gasteiger partial charge in [-0.05, 0) is 57.0 Å². The van der Waals surface area contributed by atoms with Crippen LogP contribution in [0.1, 0.15) is 31.0 Å². The third-order valence-electron chi connectivity index (χ3n) is 4.52. The molecule has 0 bridgehead atoms. The highest BCUT2D eigenvalue weighted by molar-refractivity contribution is 5.80. The van der Waals surface area contributed by atoms with Gasteiger partial charge in [0.25, 0.3) is 0 Å². The van der Waals surface area contributed by atoms with Crippen molar-refractivity contribution in [2.75, 3.05) is 6.54 Å². The van der Waals surface area contributed by atoms with E-state index < -0.39 is 11.5 Å². The SMILES string of the molecule is Cc1ccc2cc(CN3CCCC3(C)C(=O)O)ccc2n1. The number of carboxylic acid groups (broad SMARTS) is 1. The van der Waals surface area contributed by atoms with Crippen LogP contribution < -0.4 is 0 Å². The Kier molecular flexibility index (Phi) is 3.41. The monoisotopic (exact) mass is 284 g/mol. The van der Waals surface area contributed by atoms with Crippen molar-refractivity contribution in [1.82, 2.24) is 9.88 Å². The van der Waals surface area contributed by atoms with Crippen molar-refractivity contribution in [3.8, 4) is 0 Å². The van der Waals surface area contributed by atoms with Crippen LogP contribution in [0.15, 0.2) is 30.3 Å². The van der Waals surface area contributed by atoms with E-state index in [1.807, 2.05) is 26.0 Å². The molecule has 0 spiro atoms. The van der Waals surface area contributed by atoms with Crippen molar-refractivity contribution in [2.24, 2.45) is 0 Å². The van der Waals surface area contributed by atoms with Crippen LogP contribution in [0.5, 0.6) is 0 Å². The van der Waals surface area contributed by atoms with Gasteiger partial charge in [0.15, 0.2) is 0 Å². The van der Waals surface area contributed by atoms with E-state index in [9.17, 15) is 9.90 Å². The van der Waals surface area contributed by atoms with Gasteiger partial charge in [0, 0.05) is 17.6 Å². The first-order valence-electron chi connectivity index (χ1n) is 7.34. The van der Waals surface area contributed by atoms with E-state index in [1.165, 1.54) is 0 Å². The summed E-state index contributed by atoms with van der Waals surface area (Å²) < 4.78 is 0. The standard InChI is InChI=1S/C17H20N2O2/c1-12-4-6-14-10-13(5-7-15(14)18-12)11-19-9-3-8-17(19,2)16(20)21/h4-7,10H,3,8-9,11H2,1-2H3,(H,20,21). The van der Waals surface area contributed by atoms with Crippen molar-refractivity contribution in [1.29, 1.82) is 0 Å². The predicted molar refractivity (Wildman–Crippen MR) is 82.2 cm³/mol. The normalized spacial score (nSPS) is 22.8. The molecule has 1 aromatic carbocycles. The number of hydrogen-bond donors (Lipinski definition) is 1. The van der Waals surface area contributed by atoms with Crippen LogP contribution in [0, 0.1) is 6.92 Å². The molecule has 2 heterocycles. The third kappa shape index (κ3) is 2.51. The summed E-state index contributed by atoms with van der Waals surface area (Å²) in [7, 11) is 0. The van der Waals surface area contributed by atoms with Crippen molar-refractivity contribution >= 4 is 16.9 Å². The van der Waals surface area contributed by atoms with Crippen LogP contribution in [0.2, 0.25) is 0 Å². The first-order valence-corrected chi connectivity index (χ1v) is 7.34. The van der Waals surface area contributed by atoms with E-state index in [0.717, 1.165) is 41.5 Å². The molecule has 4 nitrogen and oxygen atoms in total. The first kappa shape index (κ1) is 14.0. The number of carbonyl (C=O) groups is 1. The smallest absolute Gasteiger partial charge is 0.323 e. The average molecular weight is 284 g/mol. The maximum absolute atomic E-state index is 11.5. The van der Waals surface area contributed by atoms with Crippen molar-refractivity contribution in [2.45, 2.75) is 38.8 Å². The number of hydrogen-bond acceptors (Lipinski definition) is 3. The van der Waals surface area contributed by atoms with E-state index in [0.29, 0.717) is 6.54 Å². The highest BCUT2D eigenvalue weighted by atomic mass is 16.4. The highest BCUT2D eigenvalue weighted by Gasteiger charge is 2.43. The highest BCUT2D eigenvalue weighted by Crippen LogP contribution is 2.31. The Hall–Kier alpha value is -1.94. The number of rotatable bonds is 3. The Morgan fingerprint density at radius 1 is 1.38 bits per heavy atom. The number of aryl methyl sites for hydroxylation is 1. The quantitative estimate of drug-likeness (QED) is 0.941. The lowest BCUT2D eigenvalue weighted by Gasteiger charge is -2.31. The molecule has 1 aliphatic heterocycles. The average Bonchev–Trinajstić information content (AvgIpc) is 2.82. The van der Waals surface area contributed by atoms with Gasteiger partial charge in [0.2, 0.25) is 0 Å². The Labute approximate surface area is 124 Å². The number of aliphatic carboxylic acids is 1. The largest absolute Gasteiger partial charge is 0.480 e. The van der Waals surface area contributed by atoms with Gasteiger partial charge in [-0.1, -0.05) is 12.1 Å². The molecule has 1 N–H and O–H groups in total. The lowest BCUT2D eigenvalue weighted by molar-refractivity contribution is -0.148. The van der Waals surface area contributed by atoms with E-state index in [2.05, 4.69) is 28.1 Å². The maximum atomic E-state index is 11.5. The maximum Gasteiger partial charge on any atom is 0.323 e. The number of likely N-dealkylation sites (tertiary alicyclic amines) is 1. The van der Waals surface area contributed by atoms with Crippen LogP contribution in [0.3, 0.4) is 0 Å². The number of carboxylic acids is 1. The minimum Gasteiger partial charge on any atom is -0.480 e. The van der Waals surface area contributed by atoms with E-state index in [4.69, 9.17) is 0 Å². The zero-order valence-corrected chi connectivity index (χ0v) is 12.5. The molecular formula is C17H20N2O2. The molecule has 3 rings (SSSR count). The molecule has 0 aliphatic carbocycles. The summed E-state index contributed by atoms with van der Waals surface area (Å²) in [5.74, 6) is -0.724. The molecule has 1 atom stereocenters. The lowest BCUT2D eigenvalue weighted by atomic mass is 9.98.